The Morgan fingerprint density at radius 1 is 1.44 bits per heavy atom. The molecular weight excluding hydrogens is 232 g/mol. The summed E-state index contributed by atoms with van der Waals surface area (Å²) in [7, 11) is 0. The highest BCUT2D eigenvalue weighted by atomic mass is 16.5. The molecule has 6 nitrogen and oxygen atoms in total. The van der Waals surface area contributed by atoms with Crippen molar-refractivity contribution >= 4 is 5.91 Å². The summed E-state index contributed by atoms with van der Waals surface area (Å²) in [5.41, 5.74) is 6.60. The number of hydrogen-bond acceptors (Lipinski definition) is 4. The van der Waals surface area contributed by atoms with Crippen LogP contribution in [0.15, 0.2) is 30.5 Å². The molecule has 0 saturated heterocycles. The van der Waals surface area contributed by atoms with E-state index in [0.29, 0.717) is 22.6 Å². The number of nitrogens with one attached hydrogen (secondary N) is 1. The molecule has 1 heterocycles. The largest absolute Gasteiger partial charge is 0.489 e. The molecule has 0 fully saturated rings. The van der Waals surface area contributed by atoms with E-state index in [1.807, 2.05) is 6.07 Å². The molecule has 3 N–H and O–H groups in total. The van der Waals surface area contributed by atoms with Crippen molar-refractivity contribution in [3.05, 3.63) is 47.3 Å². The molecule has 0 spiro atoms. The number of ether oxygens (including phenoxy) is 1. The molecule has 0 unspecified atom stereocenters. The number of nitrogens with two attached hydrogens (primary N) is 1. The van der Waals surface area contributed by atoms with Gasteiger partial charge in [-0.15, -0.1) is 0 Å². The average Bonchev–Trinajstić information content (AvgIpc) is 2.84. The summed E-state index contributed by atoms with van der Waals surface area (Å²) in [4.78, 5) is 10.9. The highest BCUT2D eigenvalue weighted by molar-refractivity contribution is 5.92. The first-order chi connectivity index (χ1) is 8.70. The molecule has 0 aliphatic carbocycles. The molecule has 18 heavy (non-hydrogen) atoms. The fourth-order valence-corrected chi connectivity index (χ4v) is 1.39. The summed E-state index contributed by atoms with van der Waals surface area (Å²) in [6.45, 7) is 0.231. The van der Waals surface area contributed by atoms with Crippen LogP contribution in [-0.2, 0) is 6.61 Å². The summed E-state index contributed by atoms with van der Waals surface area (Å²) in [5.74, 6) is 0.105. The van der Waals surface area contributed by atoms with Crippen LogP contribution in [0.3, 0.4) is 0 Å². The normalized spacial score (nSPS) is 9.72. The number of amides is 1. The summed E-state index contributed by atoms with van der Waals surface area (Å²) >= 11 is 0. The highest BCUT2D eigenvalue weighted by Crippen LogP contribution is 2.14. The maximum absolute atomic E-state index is 10.9. The number of rotatable bonds is 4. The predicted molar refractivity (Wildman–Crippen MR) is 62.6 cm³/mol. The van der Waals surface area contributed by atoms with E-state index in [1.54, 1.807) is 24.3 Å². The van der Waals surface area contributed by atoms with E-state index in [-0.39, 0.29) is 6.61 Å². The van der Waals surface area contributed by atoms with E-state index in [9.17, 15) is 4.79 Å². The summed E-state index contributed by atoms with van der Waals surface area (Å²) in [6.07, 6.45) is 1.54. The van der Waals surface area contributed by atoms with E-state index in [2.05, 4.69) is 10.2 Å². The predicted octanol–water partition coefficient (Wildman–Crippen LogP) is 0.959. The Balaban J connectivity index is 2.03. The number of benzene rings is 1. The van der Waals surface area contributed by atoms with Gasteiger partial charge < -0.3 is 10.5 Å². The van der Waals surface area contributed by atoms with Crippen molar-refractivity contribution in [1.82, 2.24) is 10.2 Å². The van der Waals surface area contributed by atoms with Crippen molar-refractivity contribution in [3.8, 4) is 11.8 Å². The number of H-pyrrole nitrogens is 1. The molecule has 0 radical (unpaired) electrons. The molecule has 90 valence electrons. The quantitative estimate of drug-likeness (QED) is 0.832. The van der Waals surface area contributed by atoms with E-state index < -0.39 is 5.91 Å². The van der Waals surface area contributed by atoms with Gasteiger partial charge in [-0.25, -0.2) is 0 Å². The molecule has 2 rings (SSSR count). The average molecular weight is 242 g/mol. The van der Waals surface area contributed by atoms with Crippen LogP contribution in [0, 0.1) is 11.3 Å². The van der Waals surface area contributed by atoms with Gasteiger partial charge in [0.2, 0.25) is 5.91 Å². The van der Waals surface area contributed by atoms with Crippen LogP contribution in [0.4, 0.5) is 0 Å². The Morgan fingerprint density at radius 3 is 2.78 bits per heavy atom. The smallest absolute Gasteiger partial charge is 0.248 e. The van der Waals surface area contributed by atoms with E-state index in [0.717, 1.165) is 0 Å². The SMILES string of the molecule is N#Cc1[nH]ncc1COc1ccc(C(N)=O)cc1. The number of aromatic amines is 1. The van der Waals surface area contributed by atoms with E-state index in [4.69, 9.17) is 15.7 Å². The maximum Gasteiger partial charge on any atom is 0.248 e. The minimum Gasteiger partial charge on any atom is -0.489 e. The summed E-state index contributed by atoms with van der Waals surface area (Å²) in [6, 6.07) is 8.43. The molecule has 1 amide bonds. The lowest BCUT2D eigenvalue weighted by atomic mass is 10.2. The number of aromatic nitrogens is 2. The molecule has 0 bridgehead atoms. The minimum atomic E-state index is -0.483. The van der Waals surface area contributed by atoms with Crippen LogP contribution >= 0.6 is 0 Å². The Morgan fingerprint density at radius 2 is 2.17 bits per heavy atom. The van der Waals surface area contributed by atoms with Crippen molar-refractivity contribution < 1.29 is 9.53 Å². The molecule has 0 aliphatic rings. The highest BCUT2D eigenvalue weighted by Gasteiger charge is 2.05. The van der Waals surface area contributed by atoms with E-state index in [1.165, 1.54) is 6.20 Å². The van der Waals surface area contributed by atoms with Crippen LogP contribution in [0.2, 0.25) is 0 Å². The third kappa shape index (κ3) is 2.47. The second kappa shape index (κ2) is 5.01. The second-order valence-corrected chi connectivity index (χ2v) is 3.56. The number of hydrogen-bond donors (Lipinski definition) is 2. The standard InChI is InChI=1S/C12H10N4O2/c13-5-11-9(6-15-16-11)7-18-10-3-1-8(2-4-10)12(14)17/h1-4,6H,7H2,(H2,14,17)(H,15,16). The Labute approximate surface area is 103 Å². The first-order valence-corrected chi connectivity index (χ1v) is 5.15. The van der Waals surface area contributed by atoms with Crippen LogP contribution in [0.1, 0.15) is 21.6 Å². The van der Waals surface area contributed by atoms with Gasteiger partial charge in [0.25, 0.3) is 0 Å². The van der Waals surface area contributed by atoms with Gasteiger partial charge in [0.05, 0.1) is 6.20 Å². The van der Waals surface area contributed by atoms with Gasteiger partial charge in [0.15, 0.2) is 0 Å². The summed E-state index contributed by atoms with van der Waals surface area (Å²) < 4.78 is 5.46. The zero-order chi connectivity index (χ0) is 13.0. The van der Waals surface area contributed by atoms with Gasteiger partial charge in [0.1, 0.15) is 24.1 Å². The maximum atomic E-state index is 10.9. The van der Waals surface area contributed by atoms with Crippen molar-refractivity contribution in [2.75, 3.05) is 0 Å². The first-order valence-electron chi connectivity index (χ1n) is 5.15. The molecule has 1 aromatic heterocycles. The monoisotopic (exact) mass is 242 g/mol. The topological polar surface area (TPSA) is 105 Å². The van der Waals surface area contributed by atoms with Crippen LogP contribution in [0.5, 0.6) is 5.75 Å². The molecule has 2 aromatic rings. The fraction of sp³-hybridized carbons (Fsp3) is 0.0833. The Hall–Kier alpha value is -2.81. The van der Waals surface area contributed by atoms with Crippen LogP contribution < -0.4 is 10.5 Å². The lowest BCUT2D eigenvalue weighted by Gasteiger charge is -2.05. The summed E-state index contributed by atoms with van der Waals surface area (Å²) in [5, 5.41) is 15.1. The fourth-order valence-electron chi connectivity index (χ4n) is 1.39. The van der Waals surface area contributed by atoms with Gasteiger partial charge in [-0.05, 0) is 24.3 Å². The number of nitriles is 1. The Bertz CT molecular complexity index is 595. The lowest BCUT2D eigenvalue weighted by molar-refractivity contribution is 0.100. The van der Waals surface area contributed by atoms with Crippen molar-refractivity contribution in [2.45, 2.75) is 6.61 Å². The second-order valence-electron chi connectivity index (χ2n) is 3.56. The molecular formula is C12H10N4O2. The molecule has 0 aliphatic heterocycles. The van der Waals surface area contributed by atoms with Crippen molar-refractivity contribution in [1.29, 1.82) is 5.26 Å². The Kier molecular flexibility index (Phi) is 3.25. The van der Waals surface area contributed by atoms with E-state index >= 15 is 0 Å². The number of nitrogens with zero attached hydrogens (tertiary/aromatic N) is 2. The van der Waals surface area contributed by atoms with Gasteiger partial charge in [-0.1, -0.05) is 0 Å². The number of carbonyl (C=O) groups is 1. The van der Waals surface area contributed by atoms with Crippen molar-refractivity contribution in [3.63, 3.8) is 0 Å². The van der Waals surface area contributed by atoms with Crippen molar-refractivity contribution in [2.24, 2.45) is 5.73 Å². The van der Waals surface area contributed by atoms with Gasteiger partial charge in [-0.3, -0.25) is 9.89 Å². The van der Waals surface area contributed by atoms with Crippen LogP contribution in [-0.4, -0.2) is 16.1 Å². The zero-order valence-electron chi connectivity index (χ0n) is 9.38. The van der Waals surface area contributed by atoms with Gasteiger partial charge >= 0.3 is 0 Å². The molecule has 1 aromatic carbocycles. The third-order valence-electron chi connectivity index (χ3n) is 2.36. The number of primary amides is 1. The van der Waals surface area contributed by atoms with Gasteiger partial charge in [-0.2, -0.15) is 10.4 Å². The number of carbonyl (C=O) groups excluding carboxylic acids is 1. The zero-order valence-corrected chi connectivity index (χ0v) is 9.38. The molecule has 0 atom stereocenters. The first kappa shape index (κ1) is 11.7. The third-order valence-corrected chi connectivity index (χ3v) is 2.36. The van der Waals surface area contributed by atoms with Gasteiger partial charge in [0, 0.05) is 11.1 Å². The van der Waals surface area contributed by atoms with Crippen LogP contribution in [0.25, 0.3) is 0 Å². The minimum absolute atomic E-state index is 0.231. The lowest BCUT2D eigenvalue weighted by Crippen LogP contribution is -2.10. The molecule has 0 saturated carbocycles. The molecule has 6 heteroatoms.